The molecule has 1 saturated carbocycles. The van der Waals surface area contributed by atoms with Crippen molar-refractivity contribution in [2.45, 2.75) is 51.5 Å². The van der Waals surface area contributed by atoms with Gasteiger partial charge in [-0.15, -0.1) is 5.10 Å². The van der Waals surface area contributed by atoms with Crippen molar-refractivity contribution in [1.82, 2.24) is 14.6 Å². The number of nitrogens with one attached hydrogen (secondary N) is 1. The molecule has 0 bridgehead atoms. The van der Waals surface area contributed by atoms with E-state index in [4.69, 9.17) is 16.5 Å². The fraction of sp³-hybridized carbons (Fsp3) is 0.400. The highest BCUT2D eigenvalue weighted by atomic mass is 15.3. The van der Waals surface area contributed by atoms with E-state index in [9.17, 15) is 0 Å². The predicted octanol–water partition coefficient (Wildman–Crippen LogP) is 3.66. The molecule has 6 heteroatoms. The molecule has 6 nitrogen and oxygen atoms in total. The van der Waals surface area contributed by atoms with Crippen LogP contribution >= 0.6 is 0 Å². The van der Waals surface area contributed by atoms with Crippen LogP contribution in [0, 0.1) is 13.8 Å². The zero-order valence-corrected chi connectivity index (χ0v) is 15.4. The third-order valence-electron chi connectivity index (χ3n) is 5.50. The van der Waals surface area contributed by atoms with Gasteiger partial charge in [-0.3, -0.25) is 0 Å². The normalized spacial score (nSPS) is 20.4. The van der Waals surface area contributed by atoms with Crippen molar-refractivity contribution in [3.05, 3.63) is 47.3 Å². The van der Waals surface area contributed by atoms with Crippen molar-refractivity contribution in [3.63, 3.8) is 0 Å². The van der Waals surface area contributed by atoms with E-state index in [-0.39, 0.29) is 0 Å². The number of aryl methyl sites for hydroxylation is 1. The van der Waals surface area contributed by atoms with Crippen molar-refractivity contribution in [3.8, 4) is 0 Å². The first-order valence-corrected chi connectivity index (χ1v) is 9.26. The molecule has 0 saturated heterocycles. The number of hydrogen-bond donors (Lipinski definition) is 3. The number of fused-ring (bicyclic) bond motifs is 1. The minimum absolute atomic E-state index is 0.331. The third kappa shape index (κ3) is 3.01. The number of hydrogen-bond acceptors (Lipinski definition) is 5. The maximum Gasteiger partial charge on any atom is 0.177 e. The second-order valence-electron chi connectivity index (χ2n) is 7.37. The maximum absolute atomic E-state index is 6.17. The molecular weight excluding hydrogens is 324 g/mol. The summed E-state index contributed by atoms with van der Waals surface area (Å²) < 4.78 is 1.81. The molecule has 136 valence electrons. The van der Waals surface area contributed by atoms with Gasteiger partial charge >= 0.3 is 0 Å². The minimum Gasteiger partial charge on any atom is -0.382 e. The second-order valence-corrected chi connectivity index (χ2v) is 7.37. The molecular formula is C20H26N6. The number of nitrogens with zero attached hydrogens (tertiary/aromatic N) is 3. The largest absolute Gasteiger partial charge is 0.382 e. The molecule has 0 unspecified atom stereocenters. The molecule has 26 heavy (non-hydrogen) atoms. The number of aromatic nitrogens is 3. The lowest BCUT2D eigenvalue weighted by Gasteiger charge is -2.24. The zero-order valence-electron chi connectivity index (χ0n) is 15.4. The SMILES string of the molecule is Cc1ccccc1Nc1c(C)c(N)nn2cc([C@H]3CC[C@@H](N)CC3)nc12. The van der Waals surface area contributed by atoms with Gasteiger partial charge in [0.05, 0.1) is 17.6 Å². The summed E-state index contributed by atoms with van der Waals surface area (Å²) in [6, 6.07) is 8.54. The van der Waals surface area contributed by atoms with E-state index in [0.29, 0.717) is 17.8 Å². The zero-order chi connectivity index (χ0) is 18.3. The number of nitrogens with two attached hydrogens (primary N) is 2. The molecule has 0 aliphatic heterocycles. The van der Waals surface area contributed by atoms with Gasteiger partial charge < -0.3 is 16.8 Å². The molecule has 1 fully saturated rings. The Morgan fingerprint density at radius 1 is 1.12 bits per heavy atom. The first kappa shape index (κ1) is 16.8. The van der Waals surface area contributed by atoms with Crippen LogP contribution in [0.3, 0.4) is 0 Å². The highest BCUT2D eigenvalue weighted by molar-refractivity contribution is 5.80. The Labute approximate surface area is 153 Å². The van der Waals surface area contributed by atoms with Crippen LogP contribution in [0.15, 0.2) is 30.5 Å². The molecule has 3 aromatic rings. The Kier molecular flexibility index (Phi) is 4.28. The Hall–Kier alpha value is -2.60. The van der Waals surface area contributed by atoms with Gasteiger partial charge in [0.2, 0.25) is 0 Å². The molecule has 0 amide bonds. The number of imidazole rings is 1. The Balaban J connectivity index is 1.76. The van der Waals surface area contributed by atoms with Crippen LogP contribution in [-0.4, -0.2) is 20.6 Å². The molecule has 5 N–H and O–H groups in total. The van der Waals surface area contributed by atoms with E-state index in [1.54, 1.807) is 0 Å². The fourth-order valence-corrected chi connectivity index (χ4v) is 3.73. The number of rotatable bonds is 3. The van der Waals surface area contributed by atoms with Gasteiger partial charge in [0.1, 0.15) is 5.82 Å². The third-order valence-corrected chi connectivity index (χ3v) is 5.50. The average Bonchev–Trinajstić information content (AvgIpc) is 3.04. The van der Waals surface area contributed by atoms with Gasteiger partial charge in [-0.05, 0) is 51.2 Å². The smallest absolute Gasteiger partial charge is 0.177 e. The standard InChI is InChI=1S/C20H26N6/c1-12-5-3-4-6-16(12)23-18-13(2)19(22)25-26-11-17(24-20(18)26)14-7-9-15(21)10-8-14/h3-6,11,14-15,23H,7-10,21H2,1-2H3,(H2,22,25)/t14-,15+. The summed E-state index contributed by atoms with van der Waals surface area (Å²) >= 11 is 0. The first-order valence-electron chi connectivity index (χ1n) is 9.26. The molecule has 2 heterocycles. The lowest BCUT2D eigenvalue weighted by molar-refractivity contribution is 0.391. The molecule has 4 rings (SSSR count). The maximum atomic E-state index is 6.17. The number of benzene rings is 1. The first-order chi connectivity index (χ1) is 12.5. The van der Waals surface area contributed by atoms with Crippen LogP contribution in [0.4, 0.5) is 17.2 Å². The summed E-state index contributed by atoms with van der Waals surface area (Å²) in [6.07, 6.45) is 6.30. The second kappa shape index (κ2) is 6.61. The van der Waals surface area contributed by atoms with Crippen LogP contribution < -0.4 is 16.8 Å². The van der Waals surface area contributed by atoms with Crippen molar-refractivity contribution in [2.24, 2.45) is 5.73 Å². The Bertz CT molecular complexity index is 937. The van der Waals surface area contributed by atoms with Gasteiger partial charge in [0.15, 0.2) is 5.65 Å². The van der Waals surface area contributed by atoms with Crippen LogP contribution in [0.1, 0.15) is 48.4 Å². The van der Waals surface area contributed by atoms with Crippen molar-refractivity contribution >= 4 is 22.8 Å². The van der Waals surface area contributed by atoms with Crippen molar-refractivity contribution < 1.29 is 0 Å². The molecule has 1 aromatic carbocycles. The van der Waals surface area contributed by atoms with Crippen molar-refractivity contribution in [1.29, 1.82) is 0 Å². The summed E-state index contributed by atoms with van der Waals surface area (Å²) in [5.41, 5.74) is 18.2. The summed E-state index contributed by atoms with van der Waals surface area (Å²) in [6.45, 7) is 4.07. The lowest BCUT2D eigenvalue weighted by atomic mass is 9.85. The van der Waals surface area contributed by atoms with E-state index >= 15 is 0 Å². The summed E-state index contributed by atoms with van der Waals surface area (Å²) in [4.78, 5) is 4.93. The quantitative estimate of drug-likeness (QED) is 0.670. The lowest BCUT2D eigenvalue weighted by Crippen LogP contribution is -2.25. The van der Waals surface area contributed by atoms with E-state index in [0.717, 1.165) is 54.0 Å². The summed E-state index contributed by atoms with van der Waals surface area (Å²) in [5.74, 6) is 0.965. The number of nitrogen functional groups attached to an aromatic ring is 1. The molecule has 2 aromatic heterocycles. The highest BCUT2D eigenvalue weighted by Crippen LogP contribution is 2.34. The molecule has 0 atom stereocenters. The van der Waals surface area contributed by atoms with Gasteiger partial charge in [-0.25, -0.2) is 9.50 Å². The van der Waals surface area contributed by atoms with E-state index in [1.165, 1.54) is 5.56 Å². The van der Waals surface area contributed by atoms with Gasteiger partial charge in [0, 0.05) is 23.2 Å². The topological polar surface area (TPSA) is 94.3 Å². The van der Waals surface area contributed by atoms with Crippen LogP contribution in [0.5, 0.6) is 0 Å². The summed E-state index contributed by atoms with van der Waals surface area (Å²) in [5, 5.41) is 8.02. The van der Waals surface area contributed by atoms with Crippen molar-refractivity contribution in [2.75, 3.05) is 11.1 Å². The van der Waals surface area contributed by atoms with Crippen LogP contribution in [-0.2, 0) is 0 Å². The van der Waals surface area contributed by atoms with Gasteiger partial charge in [-0.2, -0.15) is 0 Å². The Morgan fingerprint density at radius 3 is 2.58 bits per heavy atom. The monoisotopic (exact) mass is 350 g/mol. The average molecular weight is 350 g/mol. The molecule has 1 aliphatic rings. The van der Waals surface area contributed by atoms with E-state index in [1.807, 2.05) is 29.8 Å². The highest BCUT2D eigenvalue weighted by Gasteiger charge is 2.24. The van der Waals surface area contributed by atoms with E-state index in [2.05, 4.69) is 29.5 Å². The van der Waals surface area contributed by atoms with E-state index < -0.39 is 0 Å². The number of anilines is 3. The Morgan fingerprint density at radius 2 is 1.85 bits per heavy atom. The summed E-state index contributed by atoms with van der Waals surface area (Å²) in [7, 11) is 0. The van der Waals surface area contributed by atoms with Crippen LogP contribution in [0.25, 0.3) is 5.65 Å². The molecule has 0 spiro atoms. The number of para-hydroxylation sites is 1. The molecule has 1 aliphatic carbocycles. The minimum atomic E-state index is 0.331. The van der Waals surface area contributed by atoms with Gasteiger partial charge in [0.25, 0.3) is 0 Å². The molecule has 0 radical (unpaired) electrons. The fourth-order valence-electron chi connectivity index (χ4n) is 3.73. The predicted molar refractivity (Wildman–Crippen MR) is 106 cm³/mol. The van der Waals surface area contributed by atoms with Crippen LogP contribution in [0.2, 0.25) is 0 Å². The van der Waals surface area contributed by atoms with Gasteiger partial charge in [-0.1, -0.05) is 18.2 Å².